The van der Waals surface area contributed by atoms with E-state index in [9.17, 15) is 14.4 Å². The molecule has 0 aromatic rings. The van der Waals surface area contributed by atoms with E-state index < -0.39 is 0 Å². The quantitative estimate of drug-likeness (QED) is 0.178. The van der Waals surface area contributed by atoms with Crippen molar-refractivity contribution in [2.45, 2.75) is 38.9 Å². The molecule has 0 saturated carbocycles. The summed E-state index contributed by atoms with van der Waals surface area (Å²) >= 11 is 1.42. The molecule has 1 atom stereocenters. The first-order chi connectivity index (χ1) is 14.5. The van der Waals surface area contributed by atoms with Crippen LogP contribution in [0, 0.1) is 0 Å². The topological polar surface area (TPSA) is 124 Å². The molecule has 30 heavy (non-hydrogen) atoms. The van der Waals surface area contributed by atoms with Gasteiger partial charge >= 0.3 is 0 Å². The summed E-state index contributed by atoms with van der Waals surface area (Å²) in [5.41, 5.74) is 0. The van der Waals surface area contributed by atoms with Gasteiger partial charge in [0.2, 0.25) is 11.8 Å². The molecule has 0 rings (SSSR count). The molecule has 0 radical (unpaired) electrons. The Bertz CT molecular complexity index is 469. The van der Waals surface area contributed by atoms with Gasteiger partial charge in [-0.1, -0.05) is 20.3 Å². The average molecular weight is 452 g/mol. The van der Waals surface area contributed by atoms with Crippen molar-refractivity contribution in [3.05, 3.63) is 0 Å². The lowest BCUT2D eigenvalue weighted by molar-refractivity contribution is -0.127. The summed E-state index contributed by atoms with van der Waals surface area (Å²) in [6.45, 7) is 8.42. The molecule has 0 fully saturated rings. The highest BCUT2D eigenvalue weighted by molar-refractivity contribution is 7.98. The highest BCUT2D eigenvalue weighted by atomic mass is 32.2. The second kappa shape index (κ2) is 20.9. The van der Waals surface area contributed by atoms with Crippen LogP contribution in [0.1, 0.15) is 33.6 Å². The molecule has 3 N–H and O–H groups in total. The Labute approximate surface area is 183 Å². The van der Waals surface area contributed by atoms with E-state index in [0.717, 1.165) is 12.8 Å². The number of rotatable bonds is 20. The molecule has 0 aromatic heterocycles. The van der Waals surface area contributed by atoms with E-state index in [1.54, 1.807) is 0 Å². The molecule has 1 unspecified atom stereocenters. The first-order valence-electron chi connectivity index (χ1n) is 10.2. The van der Waals surface area contributed by atoms with Gasteiger partial charge in [0, 0.05) is 25.3 Å². The summed E-state index contributed by atoms with van der Waals surface area (Å²) < 4.78 is 23.7. The normalized spacial score (nSPS) is 11.7. The van der Waals surface area contributed by atoms with Gasteiger partial charge in [-0.2, -0.15) is 0 Å². The van der Waals surface area contributed by atoms with Crippen LogP contribution < -0.4 is 15.4 Å². The van der Waals surface area contributed by atoms with Crippen LogP contribution in [-0.2, 0) is 33.3 Å². The van der Waals surface area contributed by atoms with Crippen LogP contribution in [0.2, 0.25) is 0 Å². The van der Waals surface area contributed by atoms with Gasteiger partial charge in [-0.05, 0) is 18.4 Å². The van der Waals surface area contributed by atoms with E-state index in [0.29, 0.717) is 58.0 Å². The summed E-state index contributed by atoms with van der Waals surface area (Å²) in [6.07, 6.45) is 2.14. The second-order valence-corrected chi connectivity index (χ2v) is 7.65. The van der Waals surface area contributed by atoms with Crippen molar-refractivity contribution in [3.63, 3.8) is 0 Å². The Kier molecular flexibility index (Phi) is 19.9. The van der Waals surface area contributed by atoms with E-state index in [2.05, 4.69) is 29.2 Å². The largest absolute Gasteiger partial charge is 0.377 e. The van der Waals surface area contributed by atoms with E-state index in [1.165, 1.54) is 18.9 Å². The Morgan fingerprint density at radius 3 is 1.90 bits per heavy atom. The fourth-order valence-electron chi connectivity index (χ4n) is 2.04. The number of carbonyl (C=O) groups is 3. The SMILES string of the molecule is CCCC(C)SNC(=O)COCCOCCNC(=O)COCCOCCNC(C)=O. The van der Waals surface area contributed by atoms with Crippen molar-refractivity contribution in [1.82, 2.24) is 15.4 Å². The highest BCUT2D eigenvalue weighted by Crippen LogP contribution is 2.11. The minimum Gasteiger partial charge on any atom is -0.377 e. The zero-order valence-corrected chi connectivity index (χ0v) is 19.1. The van der Waals surface area contributed by atoms with E-state index in [1.807, 2.05) is 0 Å². The zero-order chi connectivity index (χ0) is 22.5. The lowest BCUT2D eigenvalue weighted by Gasteiger charge is -2.11. The van der Waals surface area contributed by atoms with Gasteiger partial charge in [0.05, 0.1) is 39.6 Å². The lowest BCUT2D eigenvalue weighted by Crippen LogP contribution is -2.31. The summed E-state index contributed by atoms with van der Waals surface area (Å²) in [5, 5.41) is 5.66. The first kappa shape index (κ1) is 28.6. The maximum Gasteiger partial charge on any atom is 0.255 e. The van der Waals surface area contributed by atoms with Crippen LogP contribution in [0.3, 0.4) is 0 Å². The Morgan fingerprint density at radius 1 is 0.800 bits per heavy atom. The van der Waals surface area contributed by atoms with Gasteiger partial charge in [-0.15, -0.1) is 0 Å². The van der Waals surface area contributed by atoms with Crippen LogP contribution in [0.4, 0.5) is 0 Å². The fraction of sp³-hybridized carbons (Fsp3) is 0.842. The lowest BCUT2D eigenvalue weighted by atomic mass is 10.3. The maximum absolute atomic E-state index is 11.6. The van der Waals surface area contributed by atoms with Gasteiger partial charge in [-0.25, -0.2) is 0 Å². The Morgan fingerprint density at radius 2 is 1.33 bits per heavy atom. The molecule has 0 bridgehead atoms. The molecule has 0 spiro atoms. The third-order valence-corrected chi connectivity index (χ3v) is 4.45. The molecule has 0 aliphatic heterocycles. The number of nitrogens with one attached hydrogen (secondary N) is 3. The first-order valence-corrected chi connectivity index (χ1v) is 11.1. The summed E-state index contributed by atoms with van der Waals surface area (Å²) in [7, 11) is 0. The minimum atomic E-state index is -0.237. The Hall–Kier alpha value is -1.40. The van der Waals surface area contributed by atoms with Crippen molar-refractivity contribution in [1.29, 1.82) is 0 Å². The van der Waals surface area contributed by atoms with Crippen molar-refractivity contribution in [2.75, 3.05) is 65.9 Å². The molecule has 0 saturated heterocycles. The van der Waals surface area contributed by atoms with Crippen LogP contribution in [0.5, 0.6) is 0 Å². The molecule has 0 heterocycles. The molecule has 0 aromatic carbocycles. The number of amides is 3. The molecule has 0 aliphatic carbocycles. The standard InChI is InChI=1S/C19H37N3O7S/c1-4-5-16(2)30-22-19(25)15-29-13-11-27-9-7-21-18(24)14-28-12-10-26-8-6-20-17(3)23/h16H,4-15H2,1-3H3,(H,20,23)(H,21,24)(H,22,25). The number of carbonyl (C=O) groups excluding carboxylic acids is 3. The van der Waals surface area contributed by atoms with Crippen molar-refractivity contribution < 1.29 is 33.3 Å². The fourth-order valence-corrected chi connectivity index (χ4v) is 2.79. The summed E-state index contributed by atoms with van der Waals surface area (Å²) in [5.74, 6) is -0.495. The van der Waals surface area contributed by atoms with Gasteiger partial charge in [0.15, 0.2) is 0 Å². The van der Waals surface area contributed by atoms with Crippen molar-refractivity contribution in [2.24, 2.45) is 0 Å². The van der Waals surface area contributed by atoms with E-state index in [-0.39, 0.29) is 30.9 Å². The molecule has 11 heteroatoms. The smallest absolute Gasteiger partial charge is 0.255 e. The van der Waals surface area contributed by atoms with Crippen LogP contribution in [-0.4, -0.2) is 88.9 Å². The number of ether oxygens (including phenoxy) is 4. The van der Waals surface area contributed by atoms with Crippen LogP contribution in [0.25, 0.3) is 0 Å². The molecular weight excluding hydrogens is 414 g/mol. The molecular formula is C19H37N3O7S. The molecule has 176 valence electrons. The zero-order valence-electron chi connectivity index (χ0n) is 18.3. The van der Waals surface area contributed by atoms with Crippen LogP contribution >= 0.6 is 11.9 Å². The molecule has 3 amide bonds. The number of hydrogen-bond donors (Lipinski definition) is 3. The van der Waals surface area contributed by atoms with Crippen molar-refractivity contribution in [3.8, 4) is 0 Å². The van der Waals surface area contributed by atoms with Gasteiger partial charge in [-0.3, -0.25) is 19.1 Å². The second-order valence-electron chi connectivity index (χ2n) is 6.41. The average Bonchev–Trinajstić information content (AvgIpc) is 2.70. The van der Waals surface area contributed by atoms with Gasteiger partial charge in [0.25, 0.3) is 5.91 Å². The number of hydrogen-bond acceptors (Lipinski definition) is 8. The van der Waals surface area contributed by atoms with Gasteiger partial charge < -0.3 is 29.6 Å². The van der Waals surface area contributed by atoms with Crippen molar-refractivity contribution >= 4 is 29.7 Å². The highest BCUT2D eigenvalue weighted by Gasteiger charge is 2.06. The Balaban J connectivity index is 3.33. The predicted molar refractivity (Wildman–Crippen MR) is 115 cm³/mol. The third-order valence-electron chi connectivity index (χ3n) is 3.47. The summed E-state index contributed by atoms with van der Waals surface area (Å²) in [6, 6.07) is 0. The van der Waals surface area contributed by atoms with E-state index >= 15 is 0 Å². The van der Waals surface area contributed by atoms with Gasteiger partial charge in [0.1, 0.15) is 13.2 Å². The molecule has 10 nitrogen and oxygen atoms in total. The van der Waals surface area contributed by atoms with Crippen LogP contribution in [0.15, 0.2) is 0 Å². The third kappa shape index (κ3) is 21.3. The molecule has 0 aliphatic rings. The monoisotopic (exact) mass is 451 g/mol. The predicted octanol–water partition coefficient (Wildman–Crippen LogP) is 0.258. The van der Waals surface area contributed by atoms with E-state index in [4.69, 9.17) is 18.9 Å². The maximum atomic E-state index is 11.6. The minimum absolute atomic E-state index is 0.000232. The summed E-state index contributed by atoms with van der Waals surface area (Å²) in [4.78, 5) is 33.8.